The molecule has 8 nitrogen and oxygen atoms in total. The summed E-state index contributed by atoms with van der Waals surface area (Å²) in [5, 5.41) is 10.7. The van der Waals surface area contributed by atoms with Crippen LogP contribution >= 0.6 is 11.8 Å². The molecule has 1 saturated heterocycles. The van der Waals surface area contributed by atoms with Crippen molar-refractivity contribution in [2.24, 2.45) is 4.99 Å². The molecule has 0 bridgehead atoms. The van der Waals surface area contributed by atoms with Gasteiger partial charge in [0.15, 0.2) is 5.17 Å². The number of nitrogens with zero attached hydrogens (tertiary/aromatic N) is 2. The van der Waals surface area contributed by atoms with Crippen molar-refractivity contribution in [2.75, 3.05) is 19.7 Å². The topological polar surface area (TPSA) is 108 Å². The lowest BCUT2D eigenvalue weighted by Gasteiger charge is -2.13. The van der Waals surface area contributed by atoms with Crippen molar-refractivity contribution >= 4 is 40.4 Å². The van der Waals surface area contributed by atoms with Crippen molar-refractivity contribution in [3.05, 3.63) is 36.9 Å². The van der Waals surface area contributed by atoms with Gasteiger partial charge in [-0.1, -0.05) is 17.8 Å². The first kappa shape index (κ1) is 20.5. The van der Waals surface area contributed by atoms with Crippen LogP contribution in [0.1, 0.15) is 13.3 Å². The van der Waals surface area contributed by atoms with E-state index in [-0.39, 0.29) is 18.9 Å². The summed E-state index contributed by atoms with van der Waals surface area (Å²) in [6, 6.07) is 7.14. The van der Waals surface area contributed by atoms with Gasteiger partial charge in [0.05, 0.1) is 12.3 Å². The number of hydrogen-bond donors (Lipinski definition) is 2. The number of rotatable bonds is 9. The highest BCUT2D eigenvalue weighted by molar-refractivity contribution is 8.15. The van der Waals surface area contributed by atoms with Crippen molar-refractivity contribution < 1.29 is 24.2 Å². The van der Waals surface area contributed by atoms with Crippen LogP contribution in [0.4, 0.5) is 5.69 Å². The molecule has 1 atom stereocenters. The van der Waals surface area contributed by atoms with Crippen LogP contribution in [0, 0.1) is 0 Å². The highest BCUT2D eigenvalue weighted by atomic mass is 32.2. The zero-order chi connectivity index (χ0) is 19.8. The molecule has 2 amide bonds. The summed E-state index contributed by atoms with van der Waals surface area (Å²) in [5.74, 6) is -1.16. The predicted octanol–water partition coefficient (Wildman–Crippen LogP) is 1.79. The number of aliphatic imine (C=N–C) groups is 1. The standard InChI is InChI=1S/C18H21N3O5S/c1-3-9-21-17(25)14(10-15(22)19-11-16(23)24)27-18(21)20-12-5-7-13(8-6-12)26-4-2/h3,5-8,14H,1,4,9-11H2,2H3,(H,19,22)(H,23,24). The Kier molecular flexibility index (Phi) is 7.42. The van der Waals surface area contributed by atoms with E-state index in [4.69, 9.17) is 9.84 Å². The fourth-order valence-corrected chi connectivity index (χ4v) is 3.50. The minimum absolute atomic E-state index is 0.118. The molecule has 1 aliphatic heterocycles. The molecule has 1 aromatic rings. The van der Waals surface area contributed by atoms with Crippen LogP contribution in [0.5, 0.6) is 5.75 Å². The van der Waals surface area contributed by atoms with Gasteiger partial charge >= 0.3 is 5.97 Å². The Labute approximate surface area is 161 Å². The summed E-state index contributed by atoms with van der Waals surface area (Å²) in [5.41, 5.74) is 0.652. The fourth-order valence-electron chi connectivity index (χ4n) is 2.33. The Hall–Kier alpha value is -2.81. The third kappa shape index (κ3) is 5.85. The number of carbonyl (C=O) groups is 3. The first-order valence-corrected chi connectivity index (χ1v) is 9.21. The Bertz CT molecular complexity index is 748. The molecule has 144 valence electrons. The number of carboxylic acid groups (broad SMARTS) is 1. The van der Waals surface area contributed by atoms with Crippen LogP contribution in [0.25, 0.3) is 0 Å². The highest BCUT2D eigenvalue weighted by Gasteiger charge is 2.38. The number of hydrogen-bond acceptors (Lipinski definition) is 6. The lowest BCUT2D eigenvalue weighted by molar-refractivity contribution is -0.138. The molecule has 1 fully saturated rings. The number of benzene rings is 1. The number of amides is 2. The van der Waals surface area contributed by atoms with Crippen LogP contribution in [0.3, 0.4) is 0 Å². The third-order valence-corrected chi connectivity index (χ3v) is 4.69. The number of carboxylic acids is 1. The van der Waals surface area contributed by atoms with Gasteiger partial charge in [-0.2, -0.15) is 0 Å². The lowest BCUT2D eigenvalue weighted by atomic mass is 10.2. The molecule has 2 rings (SSSR count). The van der Waals surface area contributed by atoms with Gasteiger partial charge in [0.2, 0.25) is 11.8 Å². The normalized spacial score (nSPS) is 17.8. The number of aliphatic carboxylic acids is 1. The number of ether oxygens (including phenoxy) is 1. The summed E-state index contributed by atoms with van der Waals surface area (Å²) < 4.78 is 5.39. The van der Waals surface area contributed by atoms with Crippen LogP contribution in [-0.2, 0) is 14.4 Å². The van der Waals surface area contributed by atoms with Crippen molar-refractivity contribution in [3.8, 4) is 5.75 Å². The lowest BCUT2D eigenvalue weighted by Crippen LogP contribution is -2.36. The maximum Gasteiger partial charge on any atom is 0.322 e. The second-order valence-corrected chi connectivity index (χ2v) is 6.71. The van der Waals surface area contributed by atoms with Crippen LogP contribution in [0.15, 0.2) is 41.9 Å². The van der Waals surface area contributed by atoms with Gasteiger partial charge in [-0.15, -0.1) is 6.58 Å². The molecule has 1 heterocycles. The van der Waals surface area contributed by atoms with Crippen molar-refractivity contribution in [1.82, 2.24) is 10.2 Å². The molecule has 9 heteroatoms. The molecule has 0 aliphatic carbocycles. The summed E-state index contributed by atoms with van der Waals surface area (Å²) in [6.07, 6.45) is 1.46. The number of carbonyl (C=O) groups excluding carboxylic acids is 2. The Morgan fingerprint density at radius 3 is 2.70 bits per heavy atom. The van der Waals surface area contributed by atoms with E-state index in [9.17, 15) is 14.4 Å². The van der Waals surface area contributed by atoms with Gasteiger partial charge in [0.25, 0.3) is 0 Å². The smallest absolute Gasteiger partial charge is 0.322 e. The second kappa shape index (κ2) is 9.77. The van der Waals surface area contributed by atoms with Crippen LogP contribution in [0.2, 0.25) is 0 Å². The first-order valence-electron chi connectivity index (χ1n) is 8.33. The van der Waals surface area contributed by atoms with E-state index in [0.717, 1.165) is 5.75 Å². The molecule has 27 heavy (non-hydrogen) atoms. The minimum Gasteiger partial charge on any atom is -0.494 e. The Balaban J connectivity index is 2.12. The Morgan fingerprint density at radius 2 is 2.11 bits per heavy atom. The van der Waals surface area contributed by atoms with E-state index in [0.29, 0.717) is 17.5 Å². The summed E-state index contributed by atoms with van der Waals surface area (Å²) in [6.45, 7) is 5.91. The molecule has 1 aromatic carbocycles. The number of nitrogens with one attached hydrogen (secondary N) is 1. The SMILES string of the molecule is C=CCN1C(=O)C(CC(=O)NCC(=O)O)SC1=Nc1ccc(OCC)cc1. The zero-order valence-electron chi connectivity index (χ0n) is 14.9. The maximum atomic E-state index is 12.6. The van der Waals surface area contributed by atoms with Crippen molar-refractivity contribution in [1.29, 1.82) is 0 Å². The molecular weight excluding hydrogens is 370 g/mol. The average Bonchev–Trinajstić information content (AvgIpc) is 2.91. The van der Waals surface area contributed by atoms with Gasteiger partial charge in [0.1, 0.15) is 17.5 Å². The molecule has 0 saturated carbocycles. The molecular formula is C18H21N3O5S. The highest BCUT2D eigenvalue weighted by Crippen LogP contribution is 2.31. The summed E-state index contributed by atoms with van der Waals surface area (Å²) in [7, 11) is 0. The van der Waals surface area contributed by atoms with Crippen molar-refractivity contribution in [3.63, 3.8) is 0 Å². The van der Waals surface area contributed by atoms with Gasteiger partial charge < -0.3 is 15.2 Å². The van der Waals surface area contributed by atoms with Gasteiger partial charge in [-0.3, -0.25) is 19.3 Å². The number of amidine groups is 1. The first-order chi connectivity index (χ1) is 12.9. The van der Waals surface area contributed by atoms with E-state index in [1.807, 2.05) is 6.92 Å². The molecule has 0 aromatic heterocycles. The van der Waals surface area contributed by atoms with E-state index < -0.39 is 23.7 Å². The molecule has 1 unspecified atom stereocenters. The molecule has 1 aliphatic rings. The predicted molar refractivity (Wildman–Crippen MR) is 103 cm³/mol. The maximum absolute atomic E-state index is 12.6. The van der Waals surface area contributed by atoms with Gasteiger partial charge in [-0.05, 0) is 31.2 Å². The van der Waals surface area contributed by atoms with E-state index in [1.165, 1.54) is 16.7 Å². The Morgan fingerprint density at radius 1 is 1.41 bits per heavy atom. The number of thioether (sulfide) groups is 1. The quantitative estimate of drug-likeness (QED) is 0.622. The molecule has 2 N–H and O–H groups in total. The van der Waals surface area contributed by atoms with Gasteiger partial charge in [-0.25, -0.2) is 4.99 Å². The second-order valence-electron chi connectivity index (χ2n) is 5.54. The van der Waals surface area contributed by atoms with E-state index in [1.54, 1.807) is 30.3 Å². The van der Waals surface area contributed by atoms with Crippen LogP contribution in [-0.4, -0.2) is 57.9 Å². The molecule has 0 radical (unpaired) electrons. The van der Waals surface area contributed by atoms with Gasteiger partial charge in [0, 0.05) is 13.0 Å². The summed E-state index contributed by atoms with van der Waals surface area (Å²) in [4.78, 5) is 40.9. The fraction of sp³-hybridized carbons (Fsp3) is 0.333. The van der Waals surface area contributed by atoms with Crippen molar-refractivity contribution in [2.45, 2.75) is 18.6 Å². The third-order valence-electron chi connectivity index (χ3n) is 3.51. The van der Waals surface area contributed by atoms with E-state index >= 15 is 0 Å². The van der Waals surface area contributed by atoms with E-state index in [2.05, 4.69) is 16.9 Å². The monoisotopic (exact) mass is 391 g/mol. The average molecular weight is 391 g/mol. The largest absolute Gasteiger partial charge is 0.494 e. The minimum atomic E-state index is -1.14. The summed E-state index contributed by atoms with van der Waals surface area (Å²) >= 11 is 1.18. The van der Waals surface area contributed by atoms with Crippen LogP contribution < -0.4 is 10.1 Å². The zero-order valence-corrected chi connectivity index (χ0v) is 15.7. The molecule has 0 spiro atoms.